The quantitative estimate of drug-likeness (QED) is 0.510. The smallest absolute Gasteiger partial charge is 0.150 e. The van der Waals surface area contributed by atoms with E-state index in [0.29, 0.717) is 17.9 Å². The van der Waals surface area contributed by atoms with Crippen molar-refractivity contribution in [3.63, 3.8) is 0 Å². The fraction of sp³-hybridized carbons (Fsp3) is 0.200. The first kappa shape index (κ1) is 15.6. The predicted octanol–water partition coefficient (Wildman–Crippen LogP) is 5.41. The summed E-state index contributed by atoms with van der Waals surface area (Å²) in [7, 11) is 0. The van der Waals surface area contributed by atoms with Gasteiger partial charge in [-0.05, 0) is 30.7 Å². The van der Waals surface area contributed by atoms with Gasteiger partial charge in [0, 0.05) is 17.9 Å². The lowest BCUT2D eigenvalue weighted by Gasteiger charge is -2.19. The third-order valence-corrected chi connectivity index (χ3v) is 4.92. The Labute approximate surface area is 139 Å². The average molecular weight is 389 g/mol. The van der Waals surface area contributed by atoms with Crippen molar-refractivity contribution in [2.75, 3.05) is 20.5 Å². The van der Waals surface area contributed by atoms with Crippen molar-refractivity contribution in [2.24, 2.45) is 0 Å². The second-order valence-electron chi connectivity index (χ2n) is 4.72. The van der Waals surface area contributed by atoms with E-state index in [9.17, 15) is 13.2 Å². The van der Waals surface area contributed by atoms with Crippen LogP contribution in [-0.4, -0.2) is 11.9 Å². The molecule has 7 heteroatoms. The lowest BCUT2D eigenvalue weighted by atomic mass is 10.2. The Morgan fingerprint density at radius 1 is 1.00 bits per heavy atom. The molecule has 0 saturated heterocycles. The van der Waals surface area contributed by atoms with Gasteiger partial charge in [0.15, 0.2) is 5.82 Å². The van der Waals surface area contributed by atoms with Crippen molar-refractivity contribution < 1.29 is 13.2 Å². The molecule has 2 nitrogen and oxygen atoms in total. The van der Waals surface area contributed by atoms with Gasteiger partial charge in [-0.15, -0.1) is 0 Å². The van der Waals surface area contributed by atoms with Crippen LogP contribution in [0.1, 0.15) is 6.42 Å². The van der Waals surface area contributed by atoms with Crippen LogP contribution in [0.3, 0.4) is 0 Å². The van der Waals surface area contributed by atoms with Gasteiger partial charge in [0.2, 0.25) is 0 Å². The maximum Gasteiger partial charge on any atom is 0.150 e. The molecule has 1 aliphatic rings. The van der Waals surface area contributed by atoms with Gasteiger partial charge in [0.05, 0.1) is 23.5 Å². The third kappa shape index (κ3) is 2.79. The lowest BCUT2D eigenvalue weighted by molar-refractivity contribution is 0.585. The van der Waals surface area contributed by atoms with Crippen LogP contribution in [0, 0.1) is 17.5 Å². The van der Waals surface area contributed by atoms with E-state index >= 15 is 0 Å². The van der Waals surface area contributed by atoms with Gasteiger partial charge < -0.3 is 0 Å². The van der Waals surface area contributed by atoms with Gasteiger partial charge in [-0.3, -0.25) is 8.61 Å². The Morgan fingerprint density at radius 3 is 2.55 bits per heavy atom. The van der Waals surface area contributed by atoms with Crippen LogP contribution in [-0.2, 0) is 0 Å². The van der Waals surface area contributed by atoms with E-state index in [1.165, 1.54) is 30.3 Å². The number of fused-ring (bicyclic) bond motifs is 1. The Kier molecular flexibility index (Phi) is 4.54. The maximum atomic E-state index is 14.2. The highest BCUT2D eigenvalue weighted by molar-refractivity contribution is 9.09. The van der Waals surface area contributed by atoms with Crippen molar-refractivity contribution in [1.29, 1.82) is 0 Å². The molecule has 0 fully saturated rings. The zero-order valence-electron chi connectivity index (χ0n) is 11.4. The first-order chi connectivity index (χ1) is 10.6. The Morgan fingerprint density at radius 2 is 1.82 bits per heavy atom. The molecule has 3 rings (SSSR count). The molecular weight excluding hydrogens is 377 g/mol. The van der Waals surface area contributed by atoms with Crippen LogP contribution in [0.5, 0.6) is 0 Å². The standard InChI is InChI=1S/C15H12BrF3N2S/c16-7-2-8-20-15-11(18)3-1-4-14(15)21(22-20)13-6-5-10(17)9-12(13)19/h1,3-6,9H,2,7-8H2. The number of halogens is 4. The van der Waals surface area contributed by atoms with Crippen molar-refractivity contribution in [3.05, 3.63) is 53.8 Å². The minimum atomic E-state index is -0.676. The number of para-hydroxylation sites is 1. The second-order valence-corrected chi connectivity index (χ2v) is 6.49. The molecule has 0 unspecified atom stereocenters. The average Bonchev–Trinajstić information content (AvgIpc) is 2.85. The summed E-state index contributed by atoms with van der Waals surface area (Å²) in [6, 6.07) is 8.07. The first-order valence-electron chi connectivity index (χ1n) is 6.67. The van der Waals surface area contributed by atoms with Gasteiger partial charge in [0.1, 0.15) is 17.3 Å². The molecule has 0 aromatic heterocycles. The zero-order valence-corrected chi connectivity index (χ0v) is 13.8. The van der Waals surface area contributed by atoms with E-state index in [0.717, 1.165) is 17.8 Å². The summed E-state index contributed by atoms with van der Waals surface area (Å²) in [4.78, 5) is 0. The molecule has 0 bridgehead atoms. The summed E-state index contributed by atoms with van der Waals surface area (Å²) in [6.45, 7) is 0.614. The summed E-state index contributed by atoms with van der Waals surface area (Å²) in [5, 5.41) is 0.790. The molecule has 116 valence electrons. The van der Waals surface area contributed by atoms with E-state index in [-0.39, 0.29) is 11.5 Å². The maximum absolute atomic E-state index is 14.2. The van der Waals surface area contributed by atoms with Crippen LogP contribution in [0.15, 0.2) is 36.4 Å². The molecule has 0 amide bonds. The Balaban J connectivity index is 2.03. The number of rotatable bonds is 4. The summed E-state index contributed by atoms with van der Waals surface area (Å²) in [6.07, 6.45) is 0.820. The van der Waals surface area contributed by atoms with Gasteiger partial charge in [-0.1, -0.05) is 22.0 Å². The lowest BCUT2D eigenvalue weighted by Crippen LogP contribution is -2.16. The van der Waals surface area contributed by atoms with Crippen molar-refractivity contribution in [1.82, 2.24) is 0 Å². The zero-order chi connectivity index (χ0) is 15.7. The minimum absolute atomic E-state index is 0.208. The van der Waals surface area contributed by atoms with Gasteiger partial charge >= 0.3 is 0 Å². The number of anilines is 3. The molecule has 1 aliphatic heterocycles. The van der Waals surface area contributed by atoms with Gasteiger partial charge in [0.25, 0.3) is 0 Å². The number of benzene rings is 2. The number of alkyl halides is 1. The van der Waals surface area contributed by atoms with Crippen molar-refractivity contribution >= 4 is 45.1 Å². The highest BCUT2D eigenvalue weighted by Crippen LogP contribution is 2.50. The molecule has 2 aromatic carbocycles. The third-order valence-electron chi connectivity index (χ3n) is 3.24. The van der Waals surface area contributed by atoms with E-state index in [4.69, 9.17) is 0 Å². The van der Waals surface area contributed by atoms with Crippen molar-refractivity contribution in [2.45, 2.75) is 6.42 Å². The van der Waals surface area contributed by atoms with Crippen LogP contribution < -0.4 is 8.61 Å². The Bertz CT molecular complexity index is 698. The normalized spacial score (nSPS) is 13.6. The number of nitrogens with zero attached hydrogens (tertiary/aromatic N) is 2. The number of hydrogen-bond donors (Lipinski definition) is 0. The molecule has 0 spiro atoms. The highest BCUT2D eigenvalue weighted by atomic mass is 79.9. The van der Waals surface area contributed by atoms with Gasteiger partial charge in [-0.2, -0.15) is 0 Å². The van der Waals surface area contributed by atoms with E-state index < -0.39 is 11.6 Å². The van der Waals surface area contributed by atoms with Crippen LogP contribution >= 0.6 is 28.1 Å². The van der Waals surface area contributed by atoms with E-state index in [1.807, 2.05) is 0 Å². The van der Waals surface area contributed by atoms with E-state index in [2.05, 4.69) is 15.9 Å². The summed E-state index contributed by atoms with van der Waals surface area (Å²) in [5.41, 5.74) is 1.20. The predicted molar refractivity (Wildman–Crippen MR) is 88.2 cm³/mol. The monoisotopic (exact) mass is 388 g/mol. The molecule has 0 N–H and O–H groups in total. The minimum Gasteiger partial charge on any atom is -0.293 e. The molecule has 2 aromatic rings. The topological polar surface area (TPSA) is 6.48 Å². The van der Waals surface area contributed by atoms with Crippen LogP contribution in [0.25, 0.3) is 0 Å². The Hall–Kier alpha value is -1.34. The fourth-order valence-electron chi connectivity index (χ4n) is 2.27. The molecule has 0 atom stereocenters. The van der Waals surface area contributed by atoms with Gasteiger partial charge in [-0.25, -0.2) is 13.2 Å². The molecule has 22 heavy (non-hydrogen) atoms. The fourth-order valence-corrected chi connectivity index (χ4v) is 3.67. The highest BCUT2D eigenvalue weighted by Gasteiger charge is 2.32. The second kappa shape index (κ2) is 6.42. The van der Waals surface area contributed by atoms with Crippen molar-refractivity contribution in [3.8, 4) is 0 Å². The molecule has 0 radical (unpaired) electrons. The summed E-state index contributed by atoms with van der Waals surface area (Å²) >= 11 is 4.56. The summed E-state index contributed by atoms with van der Waals surface area (Å²) < 4.78 is 44.7. The summed E-state index contributed by atoms with van der Waals surface area (Å²) in [5.74, 6) is -1.67. The largest absolute Gasteiger partial charge is 0.293 e. The molecular formula is C15H12BrF3N2S. The number of hydrogen-bond acceptors (Lipinski definition) is 3. The van der Waals surface area contributed by atoms with Crippen LogP contribution in [0.4, 0.5) is 30.2 Å². The van der Waals surface area contributed by atoms with Crippen LogP contribution in [0.2, 0.25) is 0 Å². The van der Waals surface area contributed by atoms with E-state index in [1.54, 1.807) is 20.7 Å². The molecule has 0 saturated carbocycles. The molecule has 0 aliphatic carbocycles. The molecule has 1 heterocycles. The SMILES string of the molecule is Fc1ccc(N2SN(CCCBr)c3c(F)cccc32)c(F)c1. The first-order valence-corrected chi connectivity index (χ1v) is 8.52.